The van der Waals surface area contributed by atoms with Crippen LogP contribution in [0, 0.1) is 0 Å². The van der Waals surface area contributed by atoms with Gasteiger partial charge in [-0.05, 0) is 25.7 Å². The normalized spacial score (nSPS) is 16.6. The fraction of sp³-hybridized carbons (Fsp3) is 0.636. The molecule has 1 aliphatic rings. The summed E-state index contributed by atoms with van der Waals surface area (Å²) in [6.07, 6.45) is 7.47. The number of nitrogens with zero attached hydrogens (tertiary/aromatic N) is 2. The van der Waals surface area contributed by atoms with Crippen LogP contribution < -0.4 is 20.7 Å². The molecule has 1 fully saturated rings. The molecule has 1 aliphatic carbocycles. The highest BCUT2D eigenvalue weighted by molar-refractivity contribution is 5.54. The summed E-state index contributed by atoms with van der Waals surface area (Å²) in [5.41, 5.74) is 2.47. The van der Waals surface area contributed by atoms with Gasteiger partial charge in [0.05, 0.1) is 7.11 Å². The van der Waals surface area contributed by atoms with E-state index in [1.807, 2.05) is 0 Å². The van der Waals surface area contributed by atoms with Crippen LogP contribution >= 0.6 is 0 Å². The highest BCUT2D eigenvalue weighted by Gasteiger charge is 2.19. The van der Waals surface area contributed by atoms with E-state index in [1.54, 1.807) is 7.11 Å². The zero-order valence-corrected chi connectivity index (χ0v) is 9.98. The second-order valence-electron chi connectivity index (χ2n) is 4.08. The van der Waals surface area contributed by atoms with Gasteiger partial charge >= 0.3 is 0 Å². The standard InChI is InChI=1S/C11H18N4O2/c1-16-9-10(15-12)13-7-14-11(9)17-8-5-3-2-4-6-8/h7-8H,2-6,12H2,1H3,(H,13,14,15). The van der Waals surface area contributed by atoms with Crippen LogP contribution in [0.25, 0.3) is 0 Å². The maximum Gasteiger partial charge on any atom is 0.262 e. The van der Waals surface area contributed by atoms with Gasteiger partial charge in [-0.1, -0.05) is 6.42 Å². The fourth-order valence-corrected chi connectivity index (χ4v) is 2.07. The van der Waals surface area contributed by atoms with E-state index >= 15 is 0 Å². The molecule has 1 aromatic heterocycles. The van der Waals surface area contributed by atoms with Crippen LogP contribution in [0.3, 0.4) is 0 Å². The largest absolute Gasteiger partial charge is 0.489 e. The Morgan fingerprint density at radius 2 is 2.06 bits per heavy atom. The summed E-state index contributed by atoms with van der Waals surface area (Å²) in [5.74, 6) is 6.71. The van der Waals surface area contributed by atoms with Gasteiger partial charge in [0.25, 0.3) is 5.88 Å². The number of aromatic nitrogens is 2. The molecule has 1 heterocycles. The molecule has 0 aromatic carbocycles. The third-order valence-electron chi connectivity index (χ3n) is 2.94. The quantitative estimate of drug-likeness (QED) is 0.610. The van der Waals surface area contributed by atoms with E-state index in [0.717, 1.165) is 12.8 Å². The second kappa shape index (κ2) is 5.67. The van der Waals surface area contributed by atoms with Gasteiger partial charge in [-0.2, -0.15) is 4.98 Å². The Kier molecular flexibility index (Phi) is 3.98. The van der Waals surface area contributed by atoms with Gasteiger partial charge in [-0.25, -0.2) is 10.8 Å². The van der Waals surface area contributed by atoms with Crippen molar-refractivity contribution in [1.82, 2.24) is 9.97 Å². The Balaban J connectivity index is 2.13. The van der Waals surface area contributed by atoms with Gasteiger partial charge < -0.3 is 14.9 Å². The molecule has 6 nitrogen and oxygen atoms in total. The van der Waals surface area contributed by atoms with Crippen molar-refractivity contribution in [3.63, 3.8) is 0 Å². The Morgan fingerprint density at radius 1 is 1.29 bits per heavy atom. The van der Waals surface area contributed by atoms with Crippen molar-refractivity contribution in [1.29, 1.82) is 0 Å². The number of nitrogens with two attached hydrogens (primary N) is 1. The minimum Gasteiger partial charge on any atom is -0.489 e. The summed E-state index contributed by atoms with van der Waals surface area (Å²) in [6.45, 7) is 0. The lowest BCUT2D eigenvalue weighted by Gasteiger charge is -2.23. The zero-order chi connectivity index (χ0) is 12.1. The summed E-state index contributed by atoms with van der Waals surface area (Å²) in [6, 6.07) is 0. The van der Waals surface area contributed by atoms with Crippen LogP contribution in [-0.4, -0.2) is 23.2 Å². The average molecular weight is 238 g/mol. The average Bonchev–Trinajstić information content (AvgIpc) is 2.39. The predicted molar refractivity (Wildman–Crippen MR) is 63.9 cm³/mol. The molecule has 0 saturated heterocycles. The number of hydrazine groups is 1. The molecule has 0 unspecified atom stereocenters. The van der Waals surface area contributed by atoms with Crippen LogP contribution in [0.2, 0.25) is 0 Å². The maximum absolute atomic E-state index is 5.85. The van der Waals surface area contributed by atoms with Gasteiger partial charge in [0.1, 0.15) is 12.4 Å². The molecule has 0 aliphatic heterocycles. The van der Waals surface area contributed by atoms with Crippen molar-refractivity contribution in [2.75, 3.05) is 12.5 Å². The molecule has 1 aromatic rings. The fourth-order valence-electron chi connectivity index (χ4n) is 2.07. The van der Waals surface area contributed by atoms with Crippen LogP contribution in [0.15, 0.2) is 6.33 Å². The Morgan fingerprint density at radius 3 is 2.71 bits per heavy atom. The van der Waals surface area contributed by atoms with Crippen LogP contribution in [0.1, 0.15) is 32.1 Å². The Labute approximate surface area is 101 Å². The van der Waals surface area contributed by atoms with E-state index in [4.69, 9.17) is 15.3 Å². The van der Waals surface area contributed by atoms with Gasteiger partial charge in [0, 0.05) is 0 Å². The number of nitrogen functional groups attached to an aromatic ring is 1. The Hall–Kier alpha value is -1.56. The first kappa shape index (κ1) is 11.9. The van der Waals surface area contributed by atoms with Crippen molar-refractivity contribution in [3.8, 4) is 11.6 Å². The molecule has 6 heteroatoms. The number of rotatable bonds is 4. The molecule has 0 spiro atoms. The van der Waals surface area contributed by atoms with Crippen molar-refractivity contribution >= 4 is 5.82 Å². The number of hydrogen-bond acceptors (Lipinski definition) is 6. The molecular formula is C11H18N4O2. The Bertz CT molecular complexity index is 366. The molecule has 0 radical (unpaired) electrons. The molecule has 0 atom stereocenters. The molecule has 0 bridgehead atoms. The highest BCUT2D eigenvalue weighted by atomic mass is 16.5. The van der Waals surface area contributed by atoms with E-state index in [2.05, 4.69) is 15.4 Å². The summed E-state index contributed by atoms with van der Waals surface area (Å²) >= 11 is 0. The van der Waals surface area contributed by atoms with E-state index in [9.17, 15) is 0 Å². The summed E-state index contributed by atoms with van der Waals surface area (Å²) in [5, 5.41) is 0. The summed E-state index contributed by atoms with van der Waals surface area (Å²) < 4.78 is 11.1. The number of ether oxygens (including phenoxy) is 2. The number of methoxy groups -OCH3 is 1. The van der Waals surface area contributed by atoms with Gasteiger partial charge in [0.15, 0.2) is 5.82 Å². The lowest BCUT2D eigenvalue weighted by molar-refractivity contribution is 0.143. The summed E-state index contributed by atoms with van der Waals surface area (Å²) in [4.78, 5) is 8.07. The topological polar surface area (TPSA) is 82.3 Å². The van der Waals surface area contributed by atoms with Gasteiger partial charge in [0.2, 0.25) is 5.75 Å². The zero-order valence-electron chi connectivity index (χ0n) is 9.98. The van der Waals surface area contributed by atoms with Gasteiger partial charge in [-0.15, -0.1) is 0 Å². The van der Waals surface area contributed by atoms with Crippen LogP contribution in [0.4, 0.5) is 5.82 Å². The molecule has 17 heavy (non-hydrogen) atoms. The minimum absolute atomic E-state index is 0.221. The minimum atomic E-state index is 0.221. The lowest BCUT2D eigenvalue weighted by atomic mass is 9.98. The van der Waals surface area contributed by atoms with Gasteiger partial charge in [-0.3, -0.25) is 0 Å². The number of anilines is 1. The first-order valence-corrected chi connectivity index (χ1v) is 5.87. The van der Waals surface area contributed by atoms with Crippen molar-refractivity contribution in [2.24, 2.45) is 5.84 Å². The third-order valence-corrected chi connectivity index (χ3v) is 2.94. The van der Waals surface area contributed by atoms with Crippen molar-refractivity contribution in [3.05, 3.63) is 6.33 Å². The lowest BCUT2D eigenvalue weighted by Crippen LogP contribution is -2.21. The third kappa shape index (κ3) is 2.76. The molecule has 94 valence electrons. The molecule has 2 rings (SSSR count). The number of nitrogens with one attached hydrogen (secondary N) is 1. The van der Waals surface area contributed by atoms with E-state index in [-0.39, 0.29) is 6.10 Å². The first-order valence-electron chi connectivity index (χ1n) is 5.87. The van der Waals surface area contributed by atoms with E-state index < -0.39 is 0 Å². The van der Waals surface area contributed by atoms with Crippen molar-refractivity contribution in [2.45, 2.75) is 38.2 Å². The molecular weight excluding hydrogens is 220 g/mol. The SMILES string of the molecule is COc1c(NN)ncnc1OC1CCCCC1. The highest BCUT2D eigenvalue weighted by Crippen LogP contribution is 2.32. The van der Waals surface area contributed by atoms with E-state index in [1.165, 1.54) is 25.6 Å². The monoisotopic (exact) mass is 238 g/mol. The molecule has 3 N–H and O–H groups in total. The van der Waals surface area contributed by atoms with Crippen LogP contribution in [0.5, 0.6) is 11.6 Å². The maximum atomic E-state index is 5.85. The number of hydrogen-bond donors (Lipinski definition) is 2. The second-order valence-corrected chi connectivity index (χ2v) is 4.08. The molecule has 0 amide bonds. The predicted octanol–water partition coefficient (Wildman–Crippen LogP) is 1.48. The summed E-state index contributed by atoms with van der Waals surface area (Å²) in [7, 11) is 1.55. The first-order chi connectivity index (χ1) is 8.35. The van der Waals surface area contributed by atoms with Crippen molar-refractivity contribution < 1.29 is 9.47 Å². The van der Waals surface area contributed by atoms with E-state index in [0.29, 0.717) is 17.4 Å². The molecule has 1 saturated carbocycles. The smallest absolute Gasteiger partial charge is 0.262 e. The van der Waals surface area contributed by atoms with Crippen LogP contribution in [-0.2, 0) is 0 Å².